The van der Waals surface area contributed by atoms with Gasteiger partial charge < -0.3 is 9.05 Å². The molecule has 2 aliphatic carbocycles. The summed E-state index contributed by atoms with van der Waals surface area (Å²) in [6, 6.07) is 4.09. The van der Waals surface area contributed by atoms with Crippen LogP contribution in [0.2, 0.25) is 0 Å². The van der Waals surface area contributed by atoms with Crippen LogP contribution in [-0.2, 0) is 30.2 Å². The highest BCUT2D eigenvalue weighted by Gasteiger charge is 2.38. The van der Waals surface area contributed by atoms with Crippen LogP contribution in [0.25, 0.3) is 11.1 Å². The predicted octanol–water partition coefficient (Wildman–Crippen LogP) is 6.51. The molecule has 0 bridgehead atoms. The number of benzene rings is 2. The van der Waals surface area contributed by atoms with Gasteiger partial charge in [0.1, 0.15) is 0 Å². The number of hydrogen-bond acceptors (Lipinski definition) is 3. The molecule has 0 saturated carbocycles. The van der Waals surface area contributed by atoms with Gasteiger partial charge in [0.15, 0.2) is 11.5 Å². The van der Waals surface area contributed by atoms with E-state index in [1.807, 2.05) is 12.1 Å². The van der Waals surface area contributed by atoms with Gasteiger partial charge in [-0.25, -0.2) is 4.57 Å². The van der Waals surface area contributed by atoms with Crippen molar-refractivity contribution in [3.8, 4) is 22.6 Å². The topological polar surface area (TPSA) is 55.8 Å². The summed E-state index contributed by atoms with van der Waals surface area (Å²) in [5.74, 6) is 0.872. The average molecular weight is 514 g/mol. The zero-order valence-electron chi connectivity index (χ0n) is 14.7. The van der Waals surface area contributed by atoms with E-state index in [2.05, 4.69) is 31.9 Å². The Morgan fingerprint density at radius 3 is 1.63 bits per heavy atom. The molecule has 1 heterocycles. The third kappa shape index (κ3) is 3.00. The van der Waals surface area contributed by atoms with Crippen molar-refractivity contribution in [2.24, 2.45) is 0 Å². The summed E-state index contributed by atoms with van der Waals surface area (Å²) in [6.07, 6.45) is 8.49. The first-order valence-corrected chi connectivity index (χ1v) is 12.4. The SMILES string of the molecule is O=P1(O)Oc2c(Br)cc3c(c2-c2c4c(cc(Br)c2O1)CCCC4)CCCC3. The lowest BCUT2D eigenvalue weighted by atomic mass is 9.80. The second kappa shape index (κ2) is 6.62. The van der Waals surface area contributed by atoms with Crippen molar-refractivity contribution in [3.05, 3.63) is 43.3 Å². The van der Waals surface area contributed by atoms with Crippen LogP contribution >= 0.6 is 39.7 Å². The van der Waals surface area contributed by atoms with Crippen LogP contribution in [0.15, 0.2) is 21.1 Å². The molecule has 0 unspecified atom stereocenters. The molecule has 0 spiro atoms. The normalized spacial score (nSPS) is 19.5. The van der Waals surface area contributed by atoms with Gasteiger partial charge >= 0.3 is 7.82 Å². The maximum Gasteiger partial charge on any atom is 0.585 e. The van der Waals surface area contributed by atoms with Gasteiger partial charge in [-0.05, 0) is 118 Å². The average Bonchev–Trinajstić information content (AvgIpc) is 2.76. The third-order valence-corrected chi connectivity index (χ3v) is 7.78. The Balaban J connectivity index is 1.93. The summed E-state index contributed by atoms with van der Waals surface area (Å²) in [5, 5.41) is 0. The first-order chi connectivity index (χ1) is 12.9. The van der Waals surface area contributed by atoms with Gasteiger partial charge in [-0.3, -0.25) is 4.89 Å². The number of hydrogen-bond donors (Lipinski definition) is 1. The molecule has 0 amide bonds. The third-order valence-electron chi connectivity index (χ3n) is 5.78. The Labute approximate surface area is 175 Å². The first-order valence-electron chi connectivity index (χ1n) is 9.35. The molecule has 5 rings (SSSR count). The molecule has 0 radical (unpaired) electrons. The highest BCUT2D eigenvalue weighted by molar-refractivity contribution is 9.11. The van der Waals surface area contributed by atoms with Crippen molar-refractivity contribution >= 4 is 39.7 Å². The molecule has 3 aliphatic rings. The quantitative estimate of drug-likeness (QED) is 0.408. The molecule has 0 saturated heterocycles. The van der Waals surface area contributed by atoms with E-state index in [1.165, 1.54) is 22.3 Å². The van der Waals surface area contributed by atoms with E-state index in [0.717, 1.165) is 62.5 Å². The molecule has 2 aromatic rings. The molecule has 142 valence electrons. The minimum Gasteiger partial charge on any atom is -0.393 e. The van der Waals surface area contributed by atoms with Crippen LogP contribution in [0.5, 0.6) is 11.5 Å². The fraction of sp³-hybridized carbons (Fsp3) is 0.400. The Bertz CT molecular complexity index is 941. The van der Waals surface area contributed by atoms with Crippen molar-refractivity contribution < 1.29 is 18.5 Å². The standard InChI is InChI=1S/C20H19Br2O4P/c21-15-9-11-5-1-3-7-13(11)17-18-14-8-4-2-6-12(14)10-16(22)20(18)26-27(23,24)25-19(15)17/h9-10H,1-8H2,(H,23,24). The monoisotopic (exact) mass is 512 g/mol. The lowest BCUT2D eigenvalue weighted by Crippen LogP contribution is -2.09. The molecular weight excluding hydrogens is 495 g/mol. The molecule has 4 nitrogen and oxygen atoms in total. The van der Waals surface area contributed by atoms with Crippen LogP contribution in [0.1, 0.15) is 47.9 Å². The fourth-order valence-electron chi connectivity index (χ4n) is 4.65. The minimum atomic E-state index is -4.28. The van der Waals surface area contributed by atoms with Gasteiger partial charge in [0.2, 0.25) is 0 Å². The Hall–Kier alpha value is -0.810. The summed E-state index contributed by atoms with van der Waals surface area (Å²) < 4.78 is 25.3. The first kappa shape index (κ1) is 18.2. The summed E-state index contributed by atoms with van der Waals surface area (Å²) in [4.78, 5) is 10.4. The number of halogens is 2. The van der Waals surface area contributed by atoms with Crippen LogP contribution in [-0.4, -0.2) is 4.89 Å². The highest BCUT2D eigenvalue weighted by Crippen LogP contribution is 2.60. The number of phosphoric acid groups is 1. The molecule has 7 heteroatoms. The van der Waals surface area contributed by atoms with Crippen LogP contribution < -0.4 is 9.05 Å². The minimum absolute atomic E-state index is 0.436. The van der Waals surface area contributed by atoms with E-state index in [0.29, 0.717) is 20.4 Å². The van der Waals surface area contributed by atoms with E-state index >= 15 is 0 Å². The maximum atomic E-state index is 12.7. The van der Waals surface area contributed by atoms with Gasteiger partial charge in [-0.2, -0.15) is 0 Å². The zero-order chi connectivity index (χ0) is 18.8. The molecule has 1 N–H and O–H groups in total. The fourth-order valence-corrected chi connectivity index (χ4v) is 6.89. The van der Waals surface area contributed by atoms with Crippen molar-refractivity contribution in [3.63, 3.8) is 0 Å². The van der Waals surface area contributed by atoms with Crippen molar-refractivity contribution in [2.75, 3.05) is 0 Å². The van der Waals surface area contributed by atoms with Gasteiger partial charge in [-0.15, -0.1) is 0 Å². The molecule has 0 fully saturated rings. The van der Waals surface area contributed by atoms with Gasteiger partial charge in [0.25, 0.3) is 0 Å². The smallest absolute Gasteiger partial charge is 0.393 e. The zero-order valence-corrected chi connectivity index (χ0v) is 18.8. The van der Waals surface area contributed by atoms with Crippen molar-refractivity contribution in [2.45, 2.75) is 51.4 Å². The lowest BCUT2D eigenvalue weighted by Gasteiger charge is -2.26. The van der Waals surface area contributed by atoms with E-state index in [4.69, 9.17) is 9.05 Å². The largest absolute Gasteiger partial charge is 0.585 e. The molecule has 2 aromatic carbocycles. The highest BCUT2D eigenvalue weighted by atomic mass is 79.9. The number of rotatable bonds is 0. The van der Waals surface area contributed by atoms with Gasteiger partial charge in [-0.1, -0.05) is 0 Å². The Morgan fingerprint density at radius 2 is 1.19 bits per heavy atom. The van der Waals surface area contributed by atoms with Crippen LogP contribution in [0.4, 0.5) is 0 Å². The summed E-state index contributed by atoms with van der Waals surface area (Å²) in [7, 11) is -4.28. The number of fused-ring (bicyclic) bond motifs is 7. The second-order valence-electron chi connectivity index (χ2n) is 7.47. The predicted molar refractivity (Wildman–Crippen MR) is 112 cm³/mol. The second-order valence-corrected chi connectivity index (χ2v) is 10.5. The molecular formula is C20H19Br2O4P. The molecule has 1 aliphatic heterocycles. The Morgan fingerprint density at radius 1 is 0.778 bits per heavy atom. The number of aryl methyl sites for hydroxylation is 2. The van der Waals surface area contributed by atoms with E-state index in [9.17, 15) is 9.46 Å². The van der Waals surface area contributed by atoms with E-state index in [-0.39, 0.29) is 0 Å². The molecule has 0 aromatic heterocycles. The van der Waals surface area contributed by atoms with Gasteiger partial charge in [0.05, 0.1) is 8.95 Å². The van der Waals surface area contributed by atoms with Crippen molar-refractivity contribution in [1.29, 1.82) is 0 Å². The lowest BCUT2D eigenvalue weighted by molar-refractivity contribution is 0.293. The van der Waals surface area contributed by atoms with E-state index < -0.39 is 7.82 Å². The van der Waals surface area contributed by atoms with Crippen LogP contribution in [0.3, 0.4) is 0 Å². The van der Waals surface area contributed by atoms with Crippen molar-refractivity contribution in [1.82, 2.24) is 0 Å². The maximum absolute atomic E-state index is 12.7. The number of phosphoric ester groups is 1. The summed E-state index contributed by atoms with van der Waals surface area (Å²) >= 11 is 7.18. The molecule has 0 atom stereocenters. The van der Waals surface area contributed by atoms with E-state index in [1.54, 1.807) is 0 Å². The molecule has 27 heavy (non-hydrogen) atoms. The summed E-state index contributed by atoms with van der Waals surface area (Å²) in [6.45, 7) is 0. The van der Waals surface area contributed by atoms with Crippen LogP contribution in [0, 0.1) is 0 Å². The summed E-state index contributed by atoms with van der Waals surface area (Å²) in [5.41, 5.74) is 6.94. The Kier molecular flexibility index (Phi) is 4.47. The van der Waals surface area contributed by atoms with Gasteiger partial charge in [0, 0.05) is 11.1 Å².